The number of ether oxygens (including phenoxy) is 1. The third-order valence-corrected chi connectivity index (χ3v) is 6.90. The van der Waals surface area contributed by atoms with Crippen LogP contribution in [0.25, 0.3) is 11.8 Å². The van der Waals surface area contributed by atoms with E-state index in [4.69, 9.17) is 4.74 Å². The number of nitrogens with one attached hydrogen (secondary N) is 1. The molecule has 35 heavy (non-hydrogen) atoms. The molecule has 1 aliphatic heterocycles. The average molecular weight is 476 g/mol. The van der Waals surface area contributed by atoms with Crippen LogP contribution in [0.1, 0.15) is 36.7 Å². The van der Waals surface area contributed by atoms with E-state index in [2.05, 4.69) is 20.9 Å². The molecule has 1 saturated heterocycles. The lowest BCUT2D eigenvalue weighted by molar-refractivity contribution is -0.130. The van der Waals surface area contributed by atoms with E-state index in [-0.39, 0.29) is 23.4 Å². The lowest BCUT2D eigenvalue weighted by Gasteiger charge is -2.37. The quantitative estimate of drug-likeness (QED) is 0.491. The Morgan fingerprint density at radius 3 is 2.37 bits per heavy atom. The van der Waals surface area contributed by atoms with Crippen LogP contribution in [0.5, 0.6) is 5.75 Å². The summed E-state index contributed by atoms with van der Waals surface area (Å²) in [5.74, 6) is 0.570. The maximum atomic E-state index is 13.2. The maximum absolute atomic E-state index is 13.2. The number of carbonyl (C=O) groups is 2. The lowest BCUT2D eigenvalue weighted by atomic mass is 10.1. The minimum Gasteiger partial charge on any atom is -0.497 e. The zero-order chi connectivity index (χ0) is 25.1. The molecule has 1 aliphatic carbocycles. The fraction of sp³-hybridized carbons (Fsp3) is 0.444. The number of nitrogens with zero attached hydrogens (tertiary/aromatic N) is 4. The number of aryl methyl sites for hydroxylation is 1. The molecule has 8 nitrogen and oxygen atoms in total. The number of rotatable bonds is 7. The van der Waals surface area contributed by atoms with Gasteiger partial charge in [-0.2, -0.15) is 5.26 Å². The summed E-state index contributed by atoms with van der Waals surface area (Å²) in [6.45, 7) is 8.09. The minimum absolute atomic E-state index is 0.0529. The highest BCUT2D eigenvalue weighted by Gasteiger charge is 2.31. The molecule has 2 aliphatic rings. The third kappa shape index (κ3) is 5.41. The van der Waals surface area contributed by atoms with Gasteiger partial charge >= 0.3 is 0 Å². The van der Waals surface area contributed by atoms with Crippen molar-refractivity contribution in [3.8, 4) is 17.5 Å². The summed E-state index contributed by atoms with van der Waals surface area (Å²) < 4.78 is 7.35. The maximum Gasteiger partial charge on any atom is 0.264 e. The van der Waals surface area contributed by atoms with Gasteiger partial charge in [-0.1, -0.05) is 0 Å². The average Bonchev–Trinajstić information content (AvgIpc) is 3.65. The fourth-order valence-electron chi connectivity index (χ4n) is 4.56. The Balaban J connectivity index is 1.44. The van der Waals surface area contributed by atoms with Crippen molar-refractivity contribution in [3.63, 3.8) is 0 Å². The smallest absolute Gasteiger partial charge is 0.264 e. The van der Waals surface area contributed by atoms with Crippen LogP contribution in [0.15, 0.2) is 35.9 Å². The van der Waals surface area contributed by atoms with Gasteiger partial charge in [-0.25, -0.2) is 0 Å². The predicted molar refractivity (Wildman–Crippen MR) is 134 cm³/mol. The van der Waals surface area contributed by atoms with Crippen molar-refractivity contribution in [2.45, 2.75) is 45.7 Å². The van der Waals surface area contributed by atoms with Crippen LogP contribution in [0.2, 0.25) is 0 Å². The second-order valence-corrected chi connectivity index (χ2v) is 9.32. The highest BCUT2D eigenvalue weighted by Crippen LogP contribution is 2.25. The van der Waals surface area contributed by atoms with Crippen molar-refractivity contribution in [1.29, 1.82) is 5.26 Å². The number of nitriles is 1. The minimum atomic E-state index is -0.267. The fourth-order valence-corrected chi connectivity index (χ4v) is 4.56. The van der Waals surface area contributed by atoms with Gasteiger partial charge in [-0.05, 0) is 75.6 Å². The normalized spacial score (nSPS) is 17.6. The van der Waals surface area contributed by atoms with Crippen molar-refractivity contribution in [1.82, 2.24) is 19.7 Å². The first-order chi connectivity index (χ1) is 16.8. The molecule has 1 N–H and O–H groups in total. The Hall–Kier alpha value is -3.57. The van der Waals surface area contributed by atoms with E-state index in [1.165, 1.54) is 0 Å². The highest BCUT2D eigenvalue weighted by atomic mass is 16.5. The number of carbonyl (C=O) groups excluding carboxylic acids is 2. The summed E-state index contributed by atoms with van der Waals surface area (Å²) in [5.41, 5.74) is 3.91. The van der Waals surface area contributed by atoms with E-state index in [9.17, 15) is 14.9 Å². The topological polar surface area (TPSA) is 90.6 Å². The molecule has 1 saturated carbocycles. The Morgan fingerprint density at radius 1 is 1.14 bits per heavy atom. The summed E-state index contributed by atoms with van der Waals surface area (Å²) in [6, 6.07) is 12.0. The summed E-state index contributed by atoms with van der Waals surface area (Å²) >= 11 is 0. The summed E-state index contributed by atoms with van der Waals surface area (Å²) in [5, 5.41) is 12.8. The number of hydrogen-bond acceptors (Lipinski definition) is 5. The molecule has 2 heterocycles. The second kappa shape index (κ2) is 10.4. The molecule has 0 radical (unpaired) electrons. The van der Waals surface area contributed by atoms with Crippen molar-refractivity contribution >= 4 is 17.9 Å². The van der Waals surface area contributed by atoms with Crippen molar-refractivity contribution in [2.24, 2.45) is 0 Å². The molecule has 2 amide bonds. The van der Waals surface area contributed by atoms with Crippen LogP contribution in [0, 0.1) is 25.2 Å². The summed E-state index contributed by atoms with van der Waals surface area (Å²) in [6.07, 6.45) is 3.81. The van der Waals surface area contributed by atoms with E-state index in [1.54, 1.807) is 18.1 Å². The molecule has 1 atom stereocenters. The number of amides is 2. The molecular weight excluding hydrogens is 442 g/mol. The second-order valence-electron chi connectivity index (χ2n) is 9.32. The van der Waals surface area contributed by atoms with Gasteiger partial charge in [0.2, 0.25) is 5.91 Å². The zero-order valence-corrected chi connectivity index (χ0v) is 20.9. The molecule has 0 spiro atoms. The molecule has 0 bridgehead atoms. The Morgan fingerprint density at radius 2 is 1.80 bits per heavy atom. The van der Waals surface area contributed by atoms with Gasteiger partial charge in [0.15, 0.2) is 0 Å². The van der Waals surface area contributed by atoms with Gasteiger partial charge in [-0.3, -0.25) is 14.5 Å². The molecule has 1 unspecified atom stereocenters. The van der Waals surface area contributed by atoms with Crippen LogP contribution in [-0.4, -0.2) is 71.6 Å². The molecule has 4 rings (SSSR count). The van der Waals surface area contributed by atoms with Crippen LogP contribution >= 0.6 is 0 Å². The first-order valence-electron chi connectivity index (χ1n) is 12.1. The summed E-state index contributed by atoms with van der Waals surface area (Å²) in [7, 11) is 1.64. The van der Waals surface area contributed by atoms with Crippen LogP contribution in [0.3, 0.4) is 0 Å². The zero-order valence-electron chi connectivity index (χ0n) is 20.9. The molecule has 1 aromatic heterocycles. The van der Waals surface area contributed by atoms with Gasteiger partial charge < -0.3 is 19.5 Å². The van der Waals surface area contributed by atoms with Crippen LogP contribution in [-0.2, 0) is 9.59 Å². The van der Waals surface area contributed by atoms with E-state index >= 15 is 0 Å². The van der Waals surface area contributed by atoms with E-state index in [1.807, 2.05) is 51.1 Å². The number of hydrogen-bond donors (Lipinski definition) is 1. The van der Waals surface area contributed by atoms with Gasteiger partial charge in [0.05, 0.1) is 13.2 Å². The number of methoxy groups -OCH3 is 1. The van der Waals surface area contributed by atoms with Crippen molar-refractivity contribution < 1.29 is 14.3 Å². The van der Waals surface area contributed by atoms with Crippen LogP contribution in [0.4, 0.5) is 0 Å². The lowest BCUT2D eigenvalue weighted by Crippen LogP contribution is -2.55. The predicted octanol–water partition coefficient (Wildman–Crippen LogP) is 2.82. The molecule has 1 aromatic carbocycles. The largest absolute Gasteiger partial charge is 0.497 e. The number of benzene rings is 1. The molecule has 2 fully saturated rings. The Bertz CT molecular complexity index is 1160. The van der Waals surface area contributed by atoms with Crippen molar-refractivity contribution in [3.05, 3.63) is 52.9 Å². The Kier molecular flexibility index (Phi) is 7.27. The molecule has 184 valence electrons. The number of aromatic nitrogens is 1. The SMILES string of the molecule is COc1ccc(-n2c(C)cc(/C=C(\C#N)C(=O)N3CCN(C(C)C(=O)NC4CC4)CC3)c2C)cc1. The third-order valence-electron chi connectivity index (χ3n) is 6.90. The van der Waals surface area contributed by atoms with Gasteiger partial charge in [0, 0.05) is 49.3 Å². The van der Waals surface area contributed by atoms with Crippen molar-refractivity contribution in [2.75, 3.05) is 33.3 Å². The molecular formula is C27H33N5O3. The van der Waals surface area contributed by atoms with E-state index in [0.717, 1.165) is 41.2 Å². The van der Waals surface area contributed by atoms with E-state index < -0.39 is 0 Å². The van der Waals surface area contributed by atoms with E-state index in [0.29, 0.717) is 32.2 Å². The molecule has 2 aromatic rings. The first-order valence-corrected chi connectivity index (χ1v) is 12.1. The highest BCUT2D eigenvalue weighted by molar-refractivity contribution is 6.02. The summed E-state index contributed by atoms with van der Waals surface area (Å²) in [4.78, 5) is 29.3. The monoisotopic (exact) mass is 475 g/mol. The standard InChI is InChI=1S/C27H33N5O3/c1-18-15-21(19(2)32(18)24-7-9-25(35-4)10-8-24)16-22(17-28)27(34)31-13-11-30(12-14-31)20(3)26(33)29-23-5-6-23/h7-10,15-16,20,23H,5-6,11-14H2,1-4H3,(H,29,33)/b22-16+. The molecule has 8 heteroatoms. The number of piperazine rings is 1. The van der Waals surface area contributed by atoms with Gasteiger partial charge in [0.25, 0.3) is 5.91 Å². The van der Waals surface area contributed by atoms with Crippen LogP contribution < -0.4 is 10.1 Å². The van der Waals surface area contributed by atoms with Gasteiger partial charge in [-0.15, -0.1) is 0 Å². The first kappa shape index (κ1) is 24.6. The Labute approximate surface area is 206 Å². The van der Waals surface area contributed by atoms with Gasteiger partial charge in [0.1, 0.15) is 17.4 Å².